The molecule has 0 bridgehead atoms. The number of nitrogen functional groups attached to an aromatic ring is 1. The second kappa shape index (κ2) is 8.91. The number of hydrogen-bond donors (Lipinski definition) is 3. The molecule has 6 heteroatoms. The fourth-order valence-electron chi connectivity index (χ4n) is 3.36. The minimum absolute atomic E-state index is 0. The predicted molar refractivity (Wildman–Crippen MR) is 112 cm³/mol. The number of aryl methyl sites for hydroxylation is 2. The molecule has 0 aromatic heterocycles. The first-order chi connectivity index (χ1) is 12.4. The smallest absolute Gasteiger partial charge is 0.256 e. The maximum absolute atomic E-state index is 12.5. The number of rotatable bonds is 4. The Labute approximate surface area is 166 Å². The Hall–Kier alpha value is -2.53. The van der Waals surface area contributed by atoms with Crippen molar-refractivity contribution in [2.45, 2.75) is 45.6 Å². The van der Waals surface area contributed by atoms with Gasteiger partial charge in [-0.2, -0.15) is 0 Å². The zero-order chi connectivity index (χ0) is 18.7. The molecular weight excluding hydrogens is 362 g/mol. The van der Waals surface area contributed by atoms with E-state index in [0.717, 1.165) is 24.0 Å². The first-order valence-electron chi connectivity index (χ1n) is 9.03. The normalized spacial score (nSPS) is 13.7. The van der Waals surface area contributed by atoms with E-state index < -0.39 is 0 Å². The van der Waals surface area contributed by atoms with Crippen LogP contribution in [0.2, 0.25) is 0 Å². The van der Waals surface area contributed by atoms with Crippen molar-refractivity contribution in [1.82, 2.24) is 5.32 Å². The largest absolute Gasteiger partial charge is 0.399 e. The van der Waals surface area contributed by atoms with Crippen LogP contribution in [-0.2, 0) is 0 Å². The average Bonchev–Trinajstić information content (AvgIpc) is 3.11. The molecule has 0 heterocycles. The maximum atomic E-state index is 12.5. The lowest BCUT2D eigenvalue weighted by molar-refractivity contribution is 0.0937. The number of nitrogens with two attached hydrogens (primary N) is 1. The molecule has 0 saturated heterocycles. The van der Waals surface area contributed by atoms with Crippen LogP contribution >= 0.6 is 12.4 Å². The number of benzene rings is 2. The molecule has 27 heavy (non-hydrogen) atoms. The second-order valence-electron chi connectivity index (χ2n) is 7.01. The van der Waals surface area contributed by atoms with Crippen LogP contribution < -0.4 is 16.4 Å². The lowest BCUT2D eigenvalue weighted by Gasteiger charge is -2.14. The van der Waals surface area contributed by atoms with Crippen molar-refractivity contribution in [2.24, 2.45) is 0 Å². The van der Waals surface area contributed by atoms with Gasteiger partial charge in [-0.3, -0.25) is 9.59 Å². The number of halogens is 1. The third-order valence-electron chi connectivity index (χ3n) is 4.93. The van der Waals surface area contributed by atoms with E-state index in [4.69, 9.17) is 5.73 Å². The Morgan fingerprint density at radius 2 is 1.67 bits per heavy atom. The molecule has 2 aromatic rings. The summed E-state index contributed by atoms with van der Waals surface area (Å²) in [5, 5.41) is 5.99. The van der Waals surface area contributed by atoms with Gasteiger partial charge < -0.3 is 16.4 Å². The van der Waals surface area contributed by atoms with E-state index in [-0.39, 0.29) is 30.3 Å². The number of nitrogens with one attached hydrogen (secondary N) is 2. The number of amides is 2. The van der Waals surface area contributed by atoms with Crippen LogP contribution in [0.25, 0.3) is 0 Å². The number of carbonyl (C=O) groups excluding carboxylic acids is 2. The van der Waals surface area contributed by atoms with Crippen molar-refractivity contribution in [2.75, 3.05) is 11.1 Å². The van der Waals surface area contributed by atoms with Crippen LogP contribution in [0.15, 0.2) is 36.4 Å². The third-order valence-corrected chi connectivity index (χ3v) is 4.93. The summed E-state index contributed by atoms with van der Waals surface area (Å²) in [6.45, 7) is 3.76. The van der Waals surface area contributed by atoms with Crippen LogP contribution in [0.4, 0.5) is 11.4 Å². The van der Waals surface area contributed by atoms with Crippen molar-refractivity contribution in [3.63, 3.8) is 0 Å². The topological polar surface area (TPSA) is 84.2 Å². The summed E-state index contributed by atoms with van der Waals surface area (Å²) < 4.78 is 0. The second-order valence-corrected chi connectivity index (χ2v) is 7.01. The SMILES string of the molecule is Cc1cc(C(=O)NC2CCCC2)ccc1NC(=O)c1cc(N)ccc1C.Cl. The summed E-state index contributed by atoms with van der Waals surface area (Å²) in [6.07, 6.45) is 4.47. The van der Waals surface area contributed by atoms with Gasteiger partial charge in [0, 0.05) is 28.5 Å². The number of hydrogen-bond acceptors (Lipinski definition) is 3. The Morgan fingerprint density at radius 3 is 2.33 bits per heavy atom. The van der Waals surface area contributed by atoms with Gasteiger partial charge in [0.05, 0.1) is 0 Å². The fourth-order valence-corrected chi connectivity index (χ4v) is 3.36. The summed E-state index contributed by atoms with van der Waals surface area (Å²) >= 11 is 0. The summed E-state index contributed by atoms with van der Waals surface area (Å²) in [7, 11) is 0. The van der Waals surface area contributed by atoms with Gasteiger partial charge in [-0.05, 0) is 68.1 Å². The molecule has 0 spiro atoms. The van der Waals surface area contributed by atoms with E-state index in [0.29, 0.717) is 22.5 Å². The van der Waals surface area contributed by atoms with Gasteiger partial charge >= 0.3 is 0 Å². The summed E-state index contributed by atoms with van der Waals surface area (Å²) in [5.74, 6) is -0.259. The van der Waals surface area contributed by atoms with Crippen molar-refractivity contribution >= 4 is 35.6 Å². The Morgan fingerprint density at radius 1 is 0.963 bits per heavy atom. The first-order valence-corrected chi connectivity index (χ1v) is 9.03. The fraction of sp³-hybridized carbons (Fsp3) is 0.333. The standard InChI is InChI=1S/C21H25N3O2.ClH/c1-13-7-9-16(22)12-18(13)21(26)24-19-10-8-15(11-14(19)2)20(25)23-17-5-3-4-6-17;/h7-12,17H,3-6,22H2,1-2H3,(H,23,25)(H,24,26);1H. The van der Waals surface area contributed by atoms with Gasteiger partial charge in [0.15, 0.2) is 0 Å². The van der Waals surface area contributed by atoms with Crippen molar-refractivity contribution in [1.29, 1.82) is 0 Å². The molecule has 0 atom stereocenters. The molecule has 2 aromatic carbocycles. The summed E-state index contributed by atoms with van der Waals surface area (Å²) in [6, 6.07) is 10.9. The number of anilines is 2. The summed E-state index contributed by atoms with van der Waals surface area (Å²) in [4.78, 5) is 24.9. The van der Waals surface area contributed by atoms with Crippen LogP contribution in [0.5, 0.6) is 0 Å². The molecule has 1 aliphatic rings. The van der Waals surface area contributed by atoms with Gasteiger partial charge in [-0.1, -0.05) is 18.9 Å². The highest BCUT2D eigenvalue weighted by atomic mass is 35.5. The monoisotopic (exact) mass is 387 g/mol. The molecule has 5 nitrogen and oxygen atoms in total. The molecule has 4 N–H and O–H groups in total. The average molecular weight is 388 g/mol. The van der Waals surface area contributed by atoms with Crippen molar-refractivity contribution in [3.8, 4) is 0 Å². The van der Waals surface area contributed by atoms with E-state index in [9.17, 15) is 9.59 Å². The quantitative estimate of drug-likeness (QED) is 0.686. The maximum Gasteiger partial charge on any atom is 0.256 e. The van der Waals surface area contributed by atoms with Gasteiger partial charge in [-0.25, -0.2) is 0 Å². The molecule has 3 rings (SSSR count). The lowest BCUT2D eigenvalue weighted by Crippen LogP contribution is -2.32. The van der Waals surface area contributed by atoms with Gasteiger partial charge in [0.1, 0.15) is 0 Å². The predicted octanol–water partition coefficient (Wildman–Crippen LogP) is 4.23. The molecular formula is C21H26ClN3O2. The van der Waals surface area contributed by atoms with E-state index in [1.165, 1.54) is 12.8 Å². The highest BCUT2D eigenvalue weighted by Crippen LogP contribution is 2.21. The Kier molecular flexibility index (Phi) is 6.86. The van der Waals surface area contributed by atoms with Crippen LogP contribution in [0.3, 0.4) is 0 Å². The van der Waals surface area contributed by atoms with Crippen LogP contribution in [0, 0.1) is 13.8 Å². The Bertz CT molecular complexity index is 845. The molecule has 144 valence electrons. The minimum atomic E-state index is -0.207. The minimum Gasteiger partial charge on any atom is -0.399 e. The zero-order valence-electron chi connectivity index (χ0n) is 15.7. The molecule has 0 unspecified atom stereocenters. The van der Waals surface area contributed by atoms with Crippen LogP contribution in [-0.4, -0.2) is 17.9 Å². The lowest BCUT2D eigenvalue weighted by atomic mass is 10.1. The van der Waals surface area contributed by atoms with E-state index in [2.05, 4.69) is 10.6 Å². The molecule has 2 amide bonds. The molecule has 1 aliphatic carbocycles. The first kappa shape index (κ1) is 20.8. The molecule has 1 saturated carbocycles. The van der Waals surface area contributed by atoms with E-state index >= 15 is 0 Å². The van der Waals surface area contributed by atoms with Gasteiger partial charge in [0.25, 0.3) is 11.8 Å². The molecule has 0 aliphatic heterocycles. The highest BCUT2D eigenvalue weighted by Gasteiger charge is 2.18. The Balaban J connectivity index is 0.00000261. The summed E-state index contributed by atoms with van der Waals surface area (Å²) in [5.41, 5.74) is 9.90. The highest BCUT2D eigenvalue weighted by molar-refractivity contribution is 6.06. The van der Waals surface area contributed by atoms with Crippen molar-refractivity contribution in [3.05, 3.63) is 58.7 Å². The van der Waals surface area contributed by atoms with E-state index in [1.54, 1.807) is 24.3 Å². The van der Waals surface area contributed by atoms with Gasteiger partial charge in [-0.15, -0.1) is 12.4 Å². The number of carbonyl (C=O) groups is 2. The van der Waals surface area contributed by atoms with Crippen LogP contribution in [0.1, 0.15) is 57.5 Å². The molecule has 0 radical (unpaired) electrons. The van der Waals surface area contributed by atoms with Crippen molar-refractivity contribution < 1.29 is 9.59 Å². The molecule has 1 fully saturated rings. The zero-order valence-corrected chi connectivity index (χ0v) is 16.5. The van der Waals surface area contributed by atoms with E-state index in [1.807, 2.05) is 26.0 Å². The van der Waals surface area contributed by atoms with Gasteiger partial charge in [0.2, 0.25) is 0 Å². The third kappa shape index (κ3) is 5.01.